The Kier molecular flexibility index (Phi) is 7.39. The molecule has 0 radical (unpaired) electrons. The number of rotatable bonds is 3. The van der Waals surface area contributed by atoms with Crippen molar-refractivity contribution >= 4 is 17.9 Å². The van der Waals surface area contributed by atoms with Crippen molar-refractivity contribution in [1.29, 1.82) is 0 Å². The Morgan fingerprint density at radius 3 is 2.60 bits per heavy atom. The quantitative estimate of drug-likeness (QED) is 0.603. The summed E-state index contributed by atoms with van der Waals surface area (Å²) in [6, 6.07) is 6.03. The minimum atomic E-state index is -0.457. The number of guanidine groups is 1. The summed E-state index contributed by atoms with van der Waals surface area (Å²) in [6.07, 6.45) is 3.75. The van der Waals surface area contributed by atoms with Crippen molar-refractivity contribution in [3.63, 3.8) is 0 Å². The molecule has 1 amide bonds. The van der Waals surface area contributed by atoms with Crippen LogP contribution in [0.15, 0.2) is 29.4 Å². The Balaban J connectivity index is 1.46. The maximum atomic E-state index is 12.4. The predicted molar refractivity (Wildman–Crippen MR) is 120 cm³/mol. The van der Waals surface area contributed by atoms with E-state index in [9.17, 15) is 4.79 Å². The summed E-state index contributed by atoms with van der Waals surface area (Å²) in [7, 11) is 1.83. The number of hydrogen-bond acceptors (Lipinski definition) is 5. The number of amides is 1. The Labute approximate surface area is 180 Å². The number of hydrogen-bond donors (Lipinski definition) is 1. The van der Waals surface area contributed by atoms with Crippen LogP contribution in [0.5, 0.6) is 0 Å². The van der Waals surface area contributed by atoms with Crippen molar-refractivity contribution in [2.45, 2.75) is 39.2 Å². The minimum Gasteiger partial charge on any atom is -0.444 e. The molecule has 2 fully saturated rings. The van der Waals surface area contributed by atoms with Crippen molar-refractivity contribution in [3.05, 3.63) is 24.4 Å². The molecule has 0 aliphatic carbocycles. The summed E-state index contributed by atoms with van der Waals surface area (Å²) < 4.78 is 5.54. The fourth-order valence-corrected chi connectivity index (χ4v) is 3.98. The van der Waals surface area contributed by atoms with Gasteiger partial charge in [0.15, 0.2) is 5.96 Å². The summed E-state index contributed by atoms with van der Waals surface area (Å²) in [5, 5.41) is 3.53. The van der Waals surface area contributed by atoms with Crippen LogP contribution < -0.4 is 10.2 Å². The second kappa shape index (κ2) is 10.00. The van der Waals surface area contributed by atoms with Gasteiger partial charge in [0.05, 0.1) is 0 Å². The molecule has 2 saturated heterocycles. The third kappa shape index (κ3) is 6.24. The van der Waals surface area contributed by atoms with Crippen LogP contribution in [0.2, 0.25) is 0 Å². The van der Waals surface area contributed by atoms with E-state index in [1.165, 1.54) is 0 Å². The van der Waals surface area contributed by atoms with E-state index in [2.05, 4.69) is 31.2 Å². The van der Waals surface area contributed by atoms with Crippen molar-refractivity contribution in [1.82, 2.24) is 20.1 Å². The molecular weight excluding hydrogens is 380 g/mol. The summed E-state index contributed by atoms with van der Waals surface area (Å²) in [4.78, 5) is 27.8. The van der Waals surface area contributed by atoms with Gasteiger partial charge in [0.25, 0.3) is 0 Å². The molecule has 0 saturated carbocycles. The second-order valence-corrected chi connectivity index (χ2v) is 9.02. The predicted octanol–water partition coefficient (Wildman–Crippen LogP) is 2.43. The first kappa shape index (κ1) is 22.2. The van der Waals surface area contributed by atoms with Gasteiger partial charge in [-0.3, -0.25) is 4.99 Å². The largest absolute Gasteiger partial charge is 0.444 e. The lowest BCUT2D eigenvalue weighted by Crippen LogP contribution is -2.54. The molecular formula is C22H36N6O2. The number of ether oxygens (including phenoxy) is 1. The maximum absolute atomic E-state index is 12.4. The highest BCUT2D eigenvalue weighted by Crippen LogP contribution is 2.19. The zero-order valence-corrected chi connectivity index (χ0v) is 18.8. The number of carbonyl (C=O) groups excluding carboxylic acids is 1. The van der Waals surface area contributed by atoms with Gasteiger partial charge in [-0.05, 0) is 51.7 Å². The molecule has 8 nitrogen and oxygen atoms in total. The number of nitrogens with zero attached hydrogens (tertiary/aromatic N) is 5. The zero-order valence-electron chi connectivity index (χ0n) is 18.8. The first-order valence-corrected chi connectivity index (χ1v) is 11.0. The number of aromatic nitrogens is 1. The van der Waals surface area contributed by atoms with E-state index in [0.717, 1.165) is 70.4 Å². The molecule has 2 aliphatic rings. The van der Waals surface area contributed by atoms with Gasteiger partial charge in [0.1, 0.15) is 11.4 Å². The molecule has 0 aromatic carbocycles. The first-order chi connectivity index (χ1) is 14.4. The third-order valence-corrected chi connectivity index (χ3v) is 5.48. The normalized spacial score (nSPS) is 20.9. The van der Waals surface area contributed by atoms with Crippen LogP contribution in [0.1, 0.15) is 33.6 Å². The van der Waals surface area contributed by atoms with Gasteiger partial charge in [-0.1, -0.05) is 6.07 Å². The van der Waals surface area contributed by atoms with E-state index in [1.807, 2.05) is 51.0 Å². The number of carbonyl (C=O) groups is 1. The lowest BCUT2D eigenvalue weighted by atomic mass is 9.98. The average molecular weight is 417 g/mol. The lowest BCUT2D eigenvalue weighted by Gasteiger charge is -2.38. The number of anilines is 1. The molecule has 2 aliphatic heterocycles. The van der Waals surface area contributed by atoms with Crippen LogP contribution in [0, 0.1) is 5.92 Å². The molecule has 1 N–H and O–H groups in total. The fourth-order valence-electron chi connectivity index (χ4n) is 3.98. The Hall–Kier alpha value is -2.51. The fraction of sp³-hybridized carbons (Fsp3) is 0.682. The second-order valence-electron chi connectivity index (χ2n) is 9.02. The van der Waals surface area contributed by atoms with E-state index >= 15 is 0 Å². The van der Waals surface area contributed by atoms with Crippen LogP contribution in [-0.4, -0.2) is 85.3 Å². The van der Waals surface area contributed by atoms with Gasteiger partial charge in [-0.25, -0.2) is 9.78 Å². The van der Waals surface area contributed by atoms with Gasteiger partial charge in [-0.15, -0.1) is 0 Å². The molecule has 1 aromatic heterocycles. The lowest BCUT2D eigenvalue weighted by molar-refractivity contribution is 0.0168. The maximum Gasteiger partial charge on any atom is 0.410 e. The molecule has 8 heteroatoms. The summed E-state index contributed by atoms with van der Waals surface area (Å²) in [6.45, 7) is 11.7. The van der Waals surface area contributed by atoms with Crippen LogP contribution in [0.25, 0.3) is 0 Å². The van der Waals surface area contributed by atoms with Gasteiger partial charge < -0.3 is 24.8 Å². The number of likely N-dealkylation sites (tertiary alicyclic amines) is 1. The monoisotopic (exact) mass is 416 g/mol. The highest BCUT2D eigenvalue weighted by molar-refractivity contribution is 5.80. The summed E-state index contributed by atoms with van der Waals surface area (Å²) in [5.74, 6) is 2.37. The zero-order chi connectivity index (χ0) is 21.6. The molecule has 166 valence electrons. The van der Waals surface area contributed by atoms with Gasteiger partial charge in [-0.2, -0.15) is 0 Å². The average Bonchev–Trinajstić information content (AvgIpc) is 2.74. The van der Waals surface area contributed by atoms with Crippen LogP contribution in [0.3, 0.4) is 0 Å². The standard InChI is InChI=1S/C22H36N6O2/c1-22(2,3)30-21(29)28-11-7-8-18(17-28)16-25-20(23-4)27-14-12-26(13-15-27)19-9-5-6-10-24-19/h5-6,9-10,18H,7-8,11-17H2,1-4H3,(H,23,25). The van der Waals surface area contributed by atoms with E-state index in [1.54, 1.807) is 0 Å². The van der Waals surface area contributed by atoms with Gasteiger partial charge >= 0.3 is 6.09 Å². The Bertz CT molecular complexity index is 710. The van der Waals surface area contributed by atoms with Crippen LogP contribution in [0.4, 0.5) is 10.6 Å². The van der Waals surface area contributed by atoms with Crippen molar-refractivity contribution in [2.24, 2.45) is 10.9 Å². The number of piperazine rings is 1. The number of piperidine rings is 1. The molecule has 3 rings (SSSR count). The number of pyridine rings is 1. The molecule has 1 unspecified atom stereocenters. The first-order valence-electron chi connectivity index (χ1n) is 11.0. The topological polar surface area (TPSA) is 73.3 Å². The molecule has 3 heterocycles. The smallest absolute Gasteiger partial charge is 0.410 e. The Morgan fingerprint density at radius 1 is 1.20 bits per heavy atom. The van der Waals surface area contributed by atoms with E-state index in [4.69, 9.17) is 4.74 Å². The van der Waals surface area contributed by atoms with E-state index < -0.39 is 5.60 Å². The molecule has 30 heavy (non-hydrogen) atoms. The highest BCUT2D eigenvalue weighted by Gasteiger charge is 2.28. The molecule has 1 atom stereocenters. The van der Waals surface area contributed by atoms with E-state index in [-0.39, 0.29) is 6.09 Å². The number of aliphatic imine (C=N–C) groups is 1. The van der Waals surface area contributed by atoms with Gasteiger partial charge in [0.2, 0.25) is 0 Å². The molecule has 1 aromatic rings. The SMILES string of the molecule is CN=C(NCC1CCCN(C(=O)OC(C)(C)C)C1)N1CCN(c2ccccn2)CC1. The molecule has 0 bridgehead atoms. The van der Waals surface area contributed by atoms with Gasteiger partial charge in [0, 0.05) is 59.1 Å². The molecule has 0 spiro atoms. The summed E-state index contributed by atoms with van der Waals surface area (Å²) >= 11 is 0. The van der Waals surface area contributed by atoms with Crippen molar-refractivity contribution < 1.29 is 9.53 Å². The highest BCUT2D eigenvalue weighted by atomic mass is 16.6. The van der Waals surface area contributed by atoms with E-state index in [0.29, 0.717) is 5.92 Å². The third-order valence-electron chi connectivity index (χ3n) is 5.48. The Morgan fingerprint density at radius 2 is 1.97 bits per heavy atom. The minimum absolute atomic E-state index is 0.206. The van der Waals surface area contributed by atoms with Crippen LogP contribution in [-0.2, 0) is 4.74 Å². The van der Waals surface area contributed by atoms with Crippen LogP contribution >= 0.6 is 0 Å². The van der Waals surface area contributed by atoms with Crippen molar-refractivity contribution in [3.8, 4) is 0 Å². The summed E-state index contributed by atoms with van der Waals surface area (Å²) in [5.41, 5.74) is -0.457. The number of nitrogens with one attached hydrogen (secondary N) is 1. The van der Waals surface area contributed by atoms with Crippen molar-refractivity contribution in [2.75, 3.05) is 57.8 Å².